The Labute approximate surface area is 400 Å². The third kappa shape index (κ3) is 15.4. The van der Waals surface area contributed by atoms with E-state index in [2.05, 4.69) is 76.6 Å². The number of phenolic OH excluding ortho intramolecular Hbond substituents is 1. The zero-order valence-corrected chi connectivity index (χ0v) is 39.3. The molecule has 0 bridgehead atoms. The van der Waals surface area contributed by atoms with Crippen molar-refractivity contribution in [2.45, 2.75) is 89.6 Å². The topological polar surface area (TPSA) is 68.2 Å². The van der Waals surface area contributed by atoms with Crippen molar-refractivity contribution in [1.29, 1.82) is 0 Å². The maximum absolute atomic E-state index is 10.6. The smallest absolute Gasteiger partial charge is 0.120 e. The summed E-state index contributed by atoms with van der Waals surface area (Å²) >= 11 is 3.41. The van der Waals surface area contributed by atoms with E-state index in [4.69, 9.17) is 14.2 Å². The molecule has 2 N–H and O–H groups in total. The van der Waals surface area contributed by atoms with Crippen LogP contribution in [-0.2, 0) is 25.4 Å². The molecule has 338 valence electrons. The number of hydrogen-bond donors (Lipinski definition) is 2. The highest BCUT2D eigenvalue weighted by atomic mass is 79.9. The van der Waals surface area contributed by atoms with E-state index < -0.39 is 5.60 Å². The molecule has 0 aromatic heterocycles. The van der Waals surface area contributed by atoms with E-state index in [0.29, 0.717) is 25.6 Å². The molecule has 5 nitrogen and oxygen atoms in total. The average Bonchev–Trinajstić information content (AvgIpc) is 4.20. The van der Waals surface area contributed by atoms with Gasteiger partial charge in [-0.3, -0.25) is 0 Å². The molecule has 3 aliphatic carbocycles. The summed E-state index contributed by atoms with van der Waals surface area (Å²) < 4.78 is 18.4. The third-order valence-corrected chi connectivity index (χ3v) is 12.3. The van der Waals surface area contributed by atoms with Gasteiger partial charge >= 0.3 is 0 Å². The molecule has 0 aliphatic heterocycles. The molecule has 0 amide bonds. The Kier molecular flexibility index (Phi) is 18.3. The van der Waals surface area contributed by atoms with Gasteiger partial charge in [-0.2, -0.15) is 0 Å². The van der Waals surface area contributed by atoms with Crippen LogP contribution in [0.15, 0.2) is 205 Å². The number of halogens is 1. The van der Waals surface area contributed by atoms with Crippen molar-refractivity contribution in [3.05, 3.63) is 238 Å². The van der Waals surface area contributed by atoms with Crippen LogP contribution in [0.25, 0.3) is 11.1 Å². The van der Waals surface area contributed by atoms with Crippen molar-refractivity contribution < 1.29 is 24.4 Å². The predicted octanol–water partition coefficient (Wildman–Crippen LogP) is 15.8. The summed E-state index contributed by atoms with van der Waals surface area (Å²) in [5.41, 5.74) is 9.20. The molecular weight excluding hydrogens is 881 g/mol. The van der Waals surface area contributed by atoms with Crippen LogP contribution in [0, 0.1) is 0 Å². The lowest BCUT2D eigenvalue weighted by Crippen LogP contribution is -2.20. The molecule has 6 heteroatoms. The number of allylic oxidation sites excluding steroid dienone is 4. The normalized spacial score (nSPS) is 14.5. The Hall–Kier alpha value is -6.34. The molecule has 0 radical (unpaired) electrons. The van der Waals surface area contributed by atoms with Crippen LogP contribution in [0.5, 0.6) is 23.0 Å². The number of aliphatic hydroxyl groups is 1. The van der Waals surface area contributed by atoms with Gasteiger partial charge in [0.15, 0.2) is 0 Å². The second kappa shape index (κ2) is 25.4. The molecule has 0 heterocycles. The van der Waals surface area contributed by atoms with Crippen LogP contribution in [-0.4, -0.2) is 10.2 Å². The fraction of sp³-hybridized carbons (Fsp3) is 0.233. The highest BCUT2D eigenvalue weighted by Crippen LogP contribution is 2.39. The fourth-order valence-corrected chi connectivity index (χ4v) is 8.64. The van der Waals surface area contributed by atoms with Gasteiger partial charge in [-0.1, -0.05) is 174 Å². The van der Waals surface area contributed by atoms with E-state index in [1.807, 2.05) is 133 Å². The number of hydrogen-bond acceptors (Lipinski definition) is 5. The van der Waals surface area contributed by atoms with E-state index in [1.165, 1.54) is 65.5 Å². The van der Waals surface area contributed by atoms with E-state index in [-0.39, 0.29) is 0 Å². The van der Waals surface area contributed by atoms with Crippen molar-refractivity contribution in [3.8, 4) is 23.0 Å². The van der Waals surface area contributed by atoms with Gasteiger partial charge in [-0.05, 0) is 150 Å². The molecular formula is C60H61BrO5. The highest BCUT2D eigenvalue weighted by Gasteiger charge is 2.33. The van der Waals surface area contributed by atoms with E-state index in [1.54, 1.807) is 6.07 Å². The number of ether oxygens (including phenoxy) is 3. The summed E-state index contributed by atoms with van der Waals surface area (Å²) in [6.45, 7) is 1.79. The number of rotatable bonds is 12. The minimum absolute atomic E-state index is 0.361. The van der Waals surface area contributed by atoms with Gasteiger partial charge in [0, 0.05) is 4.47 Å². The first-order valence-electron chi connectivity index (χ1n) is 23.3. The molecule has 3 aliphatic rings. The molecule has 0 atom stereocenters. The second-order valence-corrected chi connectivity index (χ2v) is 17.8. The summed E-state index contributed by atoms with van der Waals surface area (Å²) in [6, 6.07) is 62.2. The maximum atomic E-state index is 10.6. The number of benzene rings is 7. The third-order valence-electron chi connectivity index (χ3n) is 11.8. The van der Waals surface area contributed by atoms with Crippen molar-refractivity contribution in [2.24, 2.45) is 0 Å². The molecule has 1 saturated carbocycles. The monoisotopic (exact) mass is 940 g/mol. The highest BCUT2D eigenvalue weighted by molar-refractivity contribution is 9.10. The summed E-state index contributed by atoms with van der Waals surface area (Å²) in [6.07, 6.45) is 15.8. The molecule has 7 aromatic carbocycles. The van der Waals surface area contributed by atoms with Crippen molar-refractivity contribution in [3.63, 3.8) is 0 Å². The van der Waals surface area contributed by atoms with Gasteiger partial charge in [-0.25, -0.2) is 0 Å². The summed E-state index contributed by atoms with van der Waals surface area (Å²) in [4.78, 5) is 0. The zero-order chi connectivity index (χ0) is 45.7. The standard InChI is InChI=1S/C18H20O2.C18H18O.C13H11BrO.C11H12O/c19-18(11-4-5-12-18)16-9-6-10-17(13-16)20-14-15-7-2-1-3-8-15;1-2-7-15(8-3-1)14-19-18-12-6-11-17(13-18)16-9-4-5-10-16;14-12-7-4-8-13(9-12)15-10-11-5-2-1-3-6-11;12-11-7-3-6-10(8-11)9-4-1-2-5-9/h1-3,6-10,13,19H,4-5,11-12,14H2;1-3,6-9,11-13H,4-5,10,14H2;1-9H,10H2;3-4,6-8,12H,1-2,5H2. The Bertz CT molecular complexity index is 2580. The maximum Gasteiger partial charge on any atom is 0.120 e. The fourth-order valence-electron chi connectivity index (χ4n) is 8.26. The van der Waals surface area contributed by atoms with Gasteiger partial charge < -0.3 is 24.4 Å². The Morgan fingerprint density at radius 2 is 0.879 bits per heavy atom. The predicted molar refractivity (Wildman–Crippen MR) is 273 cm³/mol. The minimum Gasteiger partial charge on any atom is -0.508 e. The van der Waals surface area contributed by atoms with Crippen LogP contribution in [0.1, 0.15) is 97.6 Å². The van der Waals surface area contributed by atoms with E-state index >= 15 is 0 Å². The van der Waals surface area contributed by atoms with Crippen LogP contribution in [0.4, 0.5) is 0 Å². The van der Waals surface area contributed by atoms with Crippen LogP contribution in [0.2, 0.25) is 0 Å². The van der Waals surface area contributed by atoms with E-state index in [0.717, 1.165) is 65.0 Å². The van der Waals surface area contributed by atoms with Crippen LogP contribution in [0.3, 0.4) is 0 Å². The summed E-state index contributed by atoms with van der Waals surface area (Å²) in [5, 5.41) is 19.9. The van der Waals surface area contributed by atoms with Gasteiger partial charge in [0.1, 0.15) is 42.8 Å². The molecule has 10 rings (SSSR count). The van der Waals surface area contributed by atoms with Crippen LogP contribution < -0.4 is 14.2 Å². The quantitative estimate of drug-likeness (QED) is 0.128. The Morgan fingerprint density at radius 3 is 1.35 bits per heavy atom. The lowest BCUT2D eigenvalue weighted by atomic mass is 9.92. The second-order valence-electron chi connectivity index (χ2n) is 16.9. The van der Waals surface area contributed by atoms with Gasteiger partial charge in [0.2, 0.25) is 0 Å². The molecule has 0 saturated heterocycles. The molecule has 0 unspecified atom stereocenters. The molecule has 7 aromatic rings. The van der Waals surface area contributed by atoms with Gasteiger partial charge in [0.05, 0.1) is 5.60 Å². The zero-order valence-electron chi connectivity index (χ0n) is 37.7. The minimum atomic E-state index is -0.647. The van der Waals surface area contributed by atoms with Gasteiger partial charge in [0.25, 0.3) is 0 Å². The number of phenols is 1. The van der Waals surface area contributed by atoms with Crippen molar-refractivity contribution in [1.82, 2.24) is 0 Å². The first-order valence-corrected chi connectivity index (χ1v) is 24.0. The van der Waals surface area contributed by atoms with E-state index in [9.17, 15) is 10.2 Å². The number of aromatic hydroxyl groups is 1. The van der Waals surface area contributed by atoms with Crippen molar-refractivity contribution >= 4 is 27.1 Å². The SMILES string of the molecule is Brc1cccc(OCc2ccccc2)c1.C1=C(c2cccc(OCc3ccccc3)c2)CCC1.OC1(c2cccc(OCc3ccccc3)c2)CCCC1.Oc1cccc(C2=CCCC2)c1. The molecule has 1 fully saturated rings. The van der Waals surface area contributed by atoms with Gasteiger partial charge in [-0.15, -0.1) is 0 Å². The largest absolute Gasteiger partial charge is 0.508 e. The molecule has 66 heavy (non-hydrogen) atoms. The van der Waals surface area contributed by atoms with Crippen LogP contribution >= 0.6 is 15.9 Å². The Morgan fingerprint density at radius 1 is 0.439 bits per heavy atom. The lowest BCUT2D eigenvalue weighted by molar-refractivity contribution is 0.0442. The van der Waals surface area contributed by atoms with Crippen molar-refractivity contribution in [2.75, 3.05) is 0 Å². The Balaban J connectivity index is 0.000000133. The average molecular weight is 942 g/mol. The molecule has 0 spiro atoms. The first kappa shape index (κ1) is 47.6. The first-order chi connectivity index (χ1) is 32.4. The summed E-state index contributed by atoms with van der Waals surface area (Å²) in [5.74, 6) is 3.02. The summed E-state index contributed by atoms with van der Waals surface area (Å²) in [7, 11) is 0. The lowest BCUT2D eigenvalue weighted by Gasteiger charge is -2.23.